The Hall–Kier alpha value is -0.0900. The molecule has 1 aromatic heterocycles. The third-order valence-electron chi connectivity index (χ3n) is 1.63. The molecule has 1 unspecified atom stereocenters. The first kappa shape index (κ1) is 11.0. The summed E-state index contributed by atoms with van der Waals surface area (Å²) in [7, 11) is 0. The van der Waals surface area contributed by atoms with Gasteiger partial charge in [0.25, 0.3) is 0 Å². The second-order valence-corrected chi connectivity index (χ2v) is 4.63. The third kappa shape index (κ3) is 4.09. The summed E-state index contributed by atoms with van der Waals surface area (Å²) in [5.41, 5.74) is 5.84. The number of hydrogen-bond donors (Lipinski definition) is 1. The van der Waals surface area contributed by atoms with E-state index in [1.807, 2.05) is 19.1 Å². The smallest absolute Gasteiger partial charge is 0.0931 e. The maximum atomic E-state index is 5.84. The summed E-state index contributed by atoms with van der Waals surface area (Å²) in [5.74, 6) is 0. The minimum Gasteiger partial charge on any atom is -0.380 e. The summed E-state index contributed by atoms with van der Waals surface area (Å²) < 4.78 is 6.04. The molecule has 0 spiro atoms. The molecule has 74 valence electrons. The lowest BCUT2D eigenvalue weighted by Gasteiger charge is -2.09. The van der Waals surface area contributed by atoms with E-state index in [1.165, 1.54) is 4.88 Å². The Morgan fingerprint density at radius 2 is 2.38 bits per heavy atom. The molecule has 0 amide bonds. The number of nitrogens with two attached hydrogens (primary N) is 1. The molecular weight excluding hydrogens is 206 g/mol. The van der Waals surface area contributed by atoms with E-state index in [0.717, 1.165) is 17.4 Å². The molecule has 0 radical (unpaired) electrons. The lowest BCUT2D eigenvalue weighted by Crippen LogP contribution is -2.28. The van der Waals surface area contributed by atoms with E-state index >= 15 is 0 Å². The van der Waals surface area contributed by atoms with E-state index in [9.17, 15) is 0 Å². The van der Waals surface area contributed by atoms with E-state index in [-0.39, 0.29) is 6.04 Å². The standard InChI is InChI=1S/C9H14ClNOS/c1-2-12-6-7(11)5-8-3-4-9(10)13-8/h3-4,7H,2,5-6,11H2,1H3. The Morgan fingerprint density at radius 1 is 1.62 bits per heavy atom. The van der Waals surface area contributed by atoms with Crippen LogP contribution in [0.25, 0.3) is 0 Å². The molecule has 0 saturated carbocycles. The predicted molar refractivity (Wildman–Crippen MR) is 57.5 cm³/mol. The van der Waals surface area contributed by atoms with Crippen LogP contribution >= 0.6 is 22.9 Å². The van der Waals surface area contributed by atoms with Crippen LogP contribution in [0.5, 0.6) is 0 Å². The average molecular weight is 220 g/mol. The number of rotatable bonds is 5. The second kappa shape index (κ2) is 5.60. The zero-order valence-electron chi connectivity index (χ0n) is 7.63. The van der Waals surface area contributed by atoms with Crippen LogP contribution in [-0.4, -0.2) is 19.3 Å². The highest BCUT2D eigenvalue weighted by Crippen LogP contribution is 2.22. The zero-order chi connectivity index (χ0) is 9.68. The summed E-state index contributed by atoms with van der Waals surface area (Å²) in [6.45, 7) is 3.31. The van der Waals surface area contributed by atoms with E-state index in [0.29, 0.717) is 6.61 Å². The Kier molecular flexibility index (Phi) is 4.73. The molecule has 1 rings (SSSR count). The summed E-state index contributed by atoms with van der Waals surface area (Å²) in [6.07, 6.45) is 0.845. The van der Waals surface area contributed by atoms with E-state index in [1.54, 1.807) is 11.3 Å². The van der Waals surface area contributed by atoms with Gasteiger partial charge in [0, 0.05) is 17.5 Å². The molecule has 1 heterocycles. The first-order chi connectivity index (χ1) is 6.22. The van der Waals surface area contributed by atoms with Crippen molar-refractivity contribution in [2.75, 3.05) is 13.2 Å². The van der Waals surface area contributed by atoms with Gasteiger partial charge in [0.1, 0.15) is 0 Å². The fraction of sp³-hybridized carbons (Fsp3) is 0.556. The highest BCUT2D eigenvalue weighted by atomic mass is 35.5. The molecule has 0 aliphatic rings. The SMILES string of the molecule is CCOCC(N)Cc1ccc(Cl)s1. The average Bonchev–Trinajstić information content (AvgIpc) is 2.48. The van der Waals surface area contributed by atoms with Gasteiger partial charge in [-0.2, -0.15) is 0 Å². The molecule has 2 nitrogen and oxygen atoms in total. The van der Waals surface area contributed by atoms with Crippen molar-refractivity contribution in [1.29, 1.82) is 0 Å². The summed E-state index contributed by atoms with van der Waals surface area (Å²) in [5, 5.41) is 0. The fourth-order valence-corrected chi connectivity index (χ4v) is 2.23. The molecule has 0 aliphatic heterocycles. The third-order valence-corrected chi connectivity index (χ3v) is 2.88. The van der Waals surface area contributed by atoms with Gasteiger partial charge in [-0.1, -0.05) is 11.6 Å². The normalized spacial score (nSPS) is 13.2. The van der Waals surface area contributed by atoms with Crippen molar-refractivity contribution >= 4 is 22.9 Å². The molecule has 0 aromatic carbocycles. The summed E-state index contributed by atoms with van der Waals surface area (Å²) in [4.78, 5) is 1.22. The monoisotopic (exact) mass is 219 g/mol. The fourth-order valence-electron chi connectivity index (χ4n) is 1.05. The topological polar surface area (TPSA) is 35.2 Å². The van der Waals surface area contributed by atoms with Crippen molar-refractivity contribution in [2.45, 2.75) is 19.4 Å². The number of thiophene rings is 1. The van der Waals surface area contributed by atoms with Gasteiger partial charge in [0.2, 0.25) is 0 Å². The lowest BCUT2D eigenvalue weighted by molar-refractivity contribution is 0.133. The van der Waals surface area contributed by atoms with Crippen molar-refractivity contribution in [3.05, 3.63) is 21.3 Å². The van der Waals surface area contributed by atoms with Crippen molar-refractivity contribution in [3.8, 4) is 0 Å². The van der Waals surface area contributed by atoms with E-state index in [2.05, 4.69) is 0 Å². The predicted octanol–water partition coefficient (Wildman–Crippen LogP) is 2.31. The van der Waals surface area contributed by atoms with Crippen molar-refractivity contribution in [1.82, 2.24) is 0 Å². The highest BCUT2D eigenvalue weighted by molar-refractivity contribution is 7.16. The molecule has 0 aliphatic carbocycles. The van der Waals surface area contributed by atoms with E-state index in [4.69, 9.17) is 22.1 Å². The van der Waals surface area contributed by atoms with Crippen LogP contribution < -0.4 is 5.73 Å². The van der Waals surface area contributed by atoms with Gasteiger partial charge in [-0.25, -0.2) is 0 Å². The number of halogens is 1. The lowest BCUT2D eigenvalue weighted by atomic mass is 10.2. The van der Waals surface area contributed by atoms with Gasteiger partial charge in [-0.05, 0) is 25.5 Å². The quantitative estimate of drug-likeness (QED) is 0.825. The van der Waals surface area contributed by atoms with Crippen LogP contribution in [0.4, 0.5) is 0 Å². The summed E-state index contributed by atoms with van der Waals surface area (Å²) >= 11 is 7.37. The minimum atomic E-state index is 0.0784. The maximum Gasteiger partial charge on any atom is 0.0931 e. The molecule has 0 bridgehead atoms. The van der Waals surface area contributed by atoms with Gasteiger partial charge < -0.3 is 10.5 Å². The molecule has 4 heteroatoms. The molecule has 0 saturated heterocycles. The van der Waals surface area contributed by atoms with Crippen LogP contribution in [-0.2, 0) is 11.2 Å². The Bertz CT molecular complexity index is 252. The Balaban J connectivity index is 2.31. The van der Waals surface area contributed by atoms with Crippen LogP contribution in [0.1, 0.15) is 11.8 Å². The number of hydrogen-bond acceptors (Lipinski definition) is 3. The van der Waals surface area contributed by atoms with Crippen molar-refractivity contribution in [3.63, 3.8) is 0 Å². The van der Waals surface area contributed by atoms with Crippen molar-refractivity contribution in [2.24, 2.45) is 5.73 Å². The first-order valence-electron chi connectivity index (χ1n) is 4.30. The maximum absolute atomic E-state index is 5.84. The zero-order valence-corrected chi connectivity index (χ0v) is 9.20. The minimum absolute atomic E-state index is 0.0784. The Labute approximate surface area is 87.7 Å². The molecule has 1 atom stereocenters. The second-order valence-electron chi connectivity index (χ2n) is 2.83. The van der Waals surface area contributed by atoms with Crippen molar-refractivity contribution < 1.29 is 4.74 Å². The van der Waals surface area contributed by atoms with Crippen LogP contribution in [0.3, 0.4) is 0 Å². The number of ether oxygens (including phenoxy) is 1. The molecule has 2 N–H and O–H groups in total. The first-order valence-corrected chi connectivity index (χ1v) is 5.49. The van der Waals surface area contributed by atoms with E-state index < -0.39 is 0 Å². The van der Waals surface area contributed by atoms with Gasteiger partial charge >= 0.3 is 0 Å². The van der Waals surface area contributed by atoms with Crippen LogP contribution in [0, 0.1) is 0 Å². The molecular formula is C9H14ClNOS. The molecule has 13 heavy (non-hydrogen) atoms. The van der Waals surface area contributed by atoms with Gasteiger partial charge in [-0.15, -0.1) is 11.3 Å². The Morgan fingerprint density at radius 3 is 2.92 bits per heavy atom. The van der Waals surface area contributed by atoms with Gasteiger partial charge in [-0.3, -0.25) is 0 Å². The molecule has 0 fully saturated rings. The summed E-state index contributed by atoms with van der Waals surface area (Å²) in [6, 6.07) is 3.99. The highest BCUT2D eigenvalue weighted by Gasteiger charge is 2.05. The van der Waals surface area contributed by atoms with Crippen LogP contribution in [0.2, 0.25) is 4.34 Å². The molecule has 1 aromatic rings. The van der Waals surface area contributed by atoms with Gasteiger partial charge in [0.05, 0.1) is 10.9 Å². The van der Waals surface area contributed by atoms with Crippen LogP contribution in [0.15, 0.2) is 12.1 Å². The largest absolute Gasteiger partial charge is 0.380 e. The van der Waals surface area contributed by atoms with Gasteiger partial charge in [0.15, 0.2) is 0 Å².